The first-order chi connectivity index (χ1) is 4.16. The number of rotatable bonds is 1. The Balaban J connectivity index is 2.45. The van der Waals surface area contributed by atoms with Crippen LogP contribution in [0.2, 0.25) is 0 Å². The van der Waals surface area contributed by atoms with Crippen LogP contribution >= 0.6 is 11.6 Å². The van der Waals surface area contributed by atoms with Gasteiger partial charge in [0.25, 0.3) is 0 Å². The molecule has 0 aromatic heterocycles. The van der Waals surface area contributed by atoms with E-state index in [1.165, 1.54) is 25.7 Å². The van der Waals surface area contributed by atoms with Gasteiger partial charge < -0.3 is 0 Å². The number of alkyl halides is 1. The molecule has 0 radical (unpaired) electrons. The summed E-state index contributed by atoms with van der Waals surface area (Å²) >= 11 is 5.98. The fourth-order valence-electron chi connectivity index (χ4n) is 1.57. The molecule has 1 heteroatoms. The zero-order valence-corrected chi connectivity index (χ0v) is 7.04. The highest BCUT2D eigenvalue weighted by molar-refractivity contribution is 6.20. The molecule has 1 rings (SSSR count). The summed E-state index contributed by atoms with van der Waals surface area (Å²) in [5.74, 6) is 0. The number of halogens is 1. The summed E-state index contributed by atoms with van der Waals surface area (Å²) in [5.41, 5.74) is 0.576. The SMILES string of the molecule is CCC1(C)CCC(Cl)C1. The highest BCUT2D eigenvalue weighted by Crippen LogP contribution is 2.42. The first kappa shape index (κ1) is 7.40. The summed E-state index contributed by atoms with van der Waals surface area (Å²) in [5, 5.41) is 0.468. The minimum Gasteiger partial charge on any atom is -0.123 e. The predicted octanol–water partition coefficient (Wildman–Crippen LogP) is 3.19. The molecule has 2 atom stereocenters. The second kappa shape index (κ2) is 2.49. The van der Waals surface area contributed by atoms with E-state index in [1.807, 2.05) is 0 Å². The van der Waals surface area contributed by atoms with E-state index in [4.69, 9.17) is 11.6 Å². The molecular formula is C8H15Cl. The van der Waals surface area contributed by atoms with Crippen molar-refractivity contribution in [3.63, 3.8) is 0 Å². The lowest BCUT2D eigenvalue weighted by atomic mass is 9.86. The Hall–Kier alpha value is 0.290. The number of hydrogen-bond donors (Lipinski definition) is 0. The van der Waals surface area contributed by atoms with E-state index in [-0.39, 0.29) is 0 Å². The molecule has 1 aliphatic carbocycles. The van der Waals surface area contributed by atoms with E-state index in [0.29, 0.717) is 10.8 Å². The molecule has 1 saturated carbocycles. The van der Waals surface area contributed by atoms with Gasteiger partial charge in [0.1, 0.15) is 0 Å². The molecule has 0 heterocycles. The van der Waals surface area contributed by atoms with Crippen molar-refractivity contribution in [3.05, 3.63) is 0 Å². The van der Waals surface area contributed by atoms with Crippen molar-refractivity contribution in [2.24, 2.45) is 5.41 Å². The largest absolute Gasteiger partial charge is 0.123 e. The van der Waals surface area contributed by atoms with Gasteiger partial charge in [-0.3, -0.25) is 0 Å². The van der Waals surface area contributed by atoms with Gasteiger partial charge in [0.2, 0.25) is 0 Å². The third-order valence-electron chi connectivity index (χ3n) is 2.63. The number of hydrogen-bond acceptors (Lipinski definition) is 0. The van der Waals surface area contributed by atoms with Crippen LogP contribution in [0.5, 0.6) is 0 Å². The molecule has 1 aliphatic rings. The molecule has 2 unspecified atom stereocenters. The molecule has 0 amide bonds. The summed E-state index contributed by atoms with van der Waals surface area (Å²) in [4.78, 5) is 0. The van der Waals surface area contributed by atoms with E-state index in [9.17, 15) is 0 Å². The van der Waals surface area contributed by atoms with Gasteiger partial charge >= 0.3 is 0 Å². The average molecular weight is 147 g/mol. The minimum absolute atomic E-state index is 0.468. The van der Waals surface area contributed by atoms with E-state index in [2.05, 4.69) is 13.8 Å². The van der Waals surface area contributed by atoms with E-state index in [1.54, 1.807) is 0 Å². The van der Waals surface area contributed by atoms with Crippen molar-refractivity contribution < 1.29 is 0 Å². The Kier molecular flexibility index (Phi) is 2.05. The Bertz CT molecular complexity index is 101. The van der Waals surface area contributed by atoms with Crippen LogP contribution in [0, 0.1) is 5.41 Å². The van der Waals surface area contributed by atoms with E-state index in [0.717, 1.165) is 0 Å². The first-order valence-corrected chi connectivity index (χ1v) is 4.24. The van der Waals surface area contributed by atoms with Gasteiger partial charge in [0.05, 0.1) is 0 Å². The highest BCUT2D eigenvalue weighted by Gasteiger charge is 2.31. The predicted molar refractivity (Wildman–Crippen MR) is 41.9 cm³/mol. The normalized spacial score (nSPS) is 43.7. The molecule has 0 N–H and O–H groups in total. The third-order valence-corrected chi connectivity index (χ3v) is 3.00. The van der Waals surface area contributed by atoms with Gasteiger partial charge in [0, 0.05) is 5.38 Å². The van der Waals surface area contributed by atoms with Crippen LogP contribution in [0.3, 0.4) is 0 Å². The molecule has 0 aromatic carbocycles. The van der Waals surface area contributed by atoms with Gasteiger partial charge in [-0.2, -0.15) is 0 Å². The van der Waals surface area contributed by atoms with Crippen LogP contribution in [-0.2, 0) is 0 Å². The van der Waals surface area contributed by atoms with Crippen molar-refractivity contribution in [2.75, 3.05) is 0 Å². The Morgan fingerprint density at radius 3 is 2.56 bits per heavy atom. The summed E-state index contributed by atoms with van der Waals surface area (Å²) in [6.07, 6.45) is 5.07. The van der Waals surface area contributed by atoms with Crippen molar-refractivity contribution in [1.82, 2.24) is 0 Å². The van der Waals surface area contributed by atoms with Crippen molar-refractivity contribution in [1.29, 1.82) is 0 Å². The fourth-order valence-corrected chi connectivity index (χ4v) is 2.05. The molecule has 54 valence electrons. The molecule has 0 saturated heterocycles. The highest BCUT2D eigenvalue weighted by atomic mass is 35.5. The van der Waals surface area contributed by atoms with Crippen LogP contribution in [0.25, 0.3) is 0 Å². The Morgan fingerprint density at radius 2 is 2.33 bits per heavy atom. The molecule has 0 nitrogen and oxygen atoms in total. The summed E-state index contributed by atoms with van der Waals surface area (Å²) in [6, 6.07) is 0. The van der Waals surface area contributed by atoms with Crippen LogP contribution in [0.4, 0.5) is 0 Å². The maximum absolute atomic E-state index is 5.98. The maximum Gasteiger partial charge on any atom is 0.0341 e. The minimum atomic E-state index is 0.468. The van der Waals surface area contributed by atoms with Crippen molar-refractivity contribution >= 4 is 11.6 Å². The lowest BCUT2D eigenvalue weighted by Crippen LogP contribution is -2.09. The van der Waals surface area contributed by atoms with Crippen molar-refractivity contribution in [2.45, 2.75) is 44.9 Å². The van der Waals surface area contributed by atoms with Crippen LogP contribution < -0.4 is 0 Å². The molecule has 0 spiro atoms. The van der Waals surface area contributed by atoms with E-state index < -0.39 is 0 Å². The van der Waals surface area contributed by atoms with E-state index >= 15 is 0 Å². The molecule has 0 aliphatic heterocycles. The summed E-state index contributed by atoms with van der Waals surface area (Å²) in [7, 11) is 0. The summed E-state index contributed by atoms with van der Waals surface area (Å²) < 4.78 is 0. The smallest absolute Gasteiger partial charge is 0.0341 e. The quantitative estimate of drug-likeness (QED) is 0.499. The van der Waals surface area contributed by atoms with Gasteiger partial charge in [0.15, 0.2) is 0 Å². The zero-order chi connectivity index (χ0) is 6.91. The van der Waals surface area contributed by atoms with Crippen molar-refractivity contribution in [3.8, 4) is 0 Å². The van der Waals surface area contributed by atoms with Crippen LogP contribution in [0.1, 0.15) is 39.5 Å². The monoisotopic (exact) mass is 146 g/mol. The standard InChI is InChI=1S/C8H15Cl/c1-3-8(2)5-4-7(9)6-8/h7H,3-6H2,1-2H3. The molecule has 9 heavy (non-hydrogen) atoms. The topological polar surface area (TPSA) is 0 Å². The maximum atomic E-state index is 5.98. The Morgan fingerprint density at radius 1 is 1.67 bits per heavy atom. The third kappa shape index (κ3) is 1.61. The Labute approximate surface area is 62.6 Å². The van der Waals surface area contributed by atoms with Gasteiger partial charge in [-0.25, -0.2) is 0 Å². The molecular weight excluding hydrogens is 132 g/mol. The fraction of sp³-hybridized carbons (Fsp3) is 1.00. The van der Waals surface area contributed by atoms with Crippen LogP contribution in [0.15, 0.2) is 0 Å². The summed E-state index contributed by atoms with van der Waals surface area (Å²) in [6.45, 7) is 4.60. The molecule has 1 fully saturated rings. The second-order valence-corrected chi connectivity index (χ2v) is 4.12. The first-order valence-electron chi connectivity index (χ1n) is 3.80. The average Bonchev–Trinajstić information content (AvgIpc) is 2.13. The van der Waals surface area contributed by atoms with Crippen LogP contribution in [-0.4, -0.2) is 5.38 Å². The molecule has 0 bridgehead atoms. The zero-order valence-electron chi connectivity index (χ0n) is 6.28. The molecule has 0 aromatic rings. The lowest BCUT2D eigenvalue weighted by Gasteiger charge is -2.20. The van der Waals surface area contributed by atoms with Gasteiger partial charge in [-0.05, 0) is 24.7 Å². The van der Waals surface area contributed by atoms with Gasteiger partial charge in [-0.15, -0.1) is 11.6 Å². The lowest BCUT2D eigenvalue weighted by molar-refractivity contribution is 0.324. The second-order valence-electron chi connectivity index (χ2n) is 3.50. The van der Waals surface area contributed by atoms with Gasteiger partial charge in [-0.1, -0.05) is 20.3 Å².